The van der Waals surface area contributed by atoms with Gasteiger partial charge in [0.1, 0.15) is 12.0 Å². The number of nitrogens with zero attached hydrogens (tertiary/aromatic N) is 4. The minimum absolute atomic E-state index is 0.177. The van der Waals surface area contributed by atoms with E-state index in [1.165, 1.54) is 6.33 Å². The lowest BCUT2D eigenvalue weighted by Gasteiger charge is -2.02. The minimum atomic E-state index is 0.177. The van der Waals surface area contributed by atoms with Gasteiger partial charge in [0.25, 0.3) is 0 Å². The second kappa shape index (κ2) is 4.19. The quantitative estimate of drug-likeness (QED) is 0.865. The van der Waals surface area contributed by atoms with Crippen LogP contribution in [-0.4, -0.2) is 19.9 Å². The normalized spacial score (nSPS) is 10.3. The zero-order valence-corrected chi connectivity index (χ0v) is 10.5. The van der Waals surface area contributed by atoms with Gasteiger partial charge in [-0.2, -0.15) is 4.98 Å². The molecule has 0 aromatic carbocycles. The van der Waals surface area contributed by atoms with Crippen LogP contribution in [0.4, 0.5) is 5.95 Å². The summed E-state index contributed by atoms with van der Waals surface area (Å²) in [5.41, 5.74) is 6.09. The van der Waals surface area contributed by atoms with Crippen LogP contribution < -0.4 is 5.73 Å². The monoisotopic (exact) mass is 329 g/mol. The lowest BCUT2D eigenvalue weighted by Crippen LogP contribution is -1.99. The van der Waals surface area contributed by atoms with Gasteiger partial charge >= 0.3 is 0 Å². The largest absolute Gasteiger partial charge is 0.368 e. The Balaban J connectivity index is 2.54. The maximum atomic E-state index is 5.46. The molecule has 7 heteroatoms. The van der Waals surface area contributed by atoms with Crippen molar-refractivity contribution in [3.8, 4) is 11.5 Å². The summed E-state index contributed by atoms with van der Waals surface area (Å²) in [7, 11) is 0. The van der Waals surface area contributed by atoms with Crippen molar-refractivity contribution in [3.63, 3.8) is 0 Å². The van der Waals surface area contributed by atoms with Crippen LogP contribution in [0.2, 0.25) is 0 Å². The van der Waals surface area contributed by atoms with Crippen molar-refractivity contribution in [1.82, 2.24) is 19.9 Å². The lowest BCUT2D eigenvalue weighted by molar-refractivity contribution is 1.05. The average Bonchev–Trinajstić information content (AvgIpc) is 2.17. The summed E-state index contributed by atoms with van der Waals surface area (Å²) in [5, 5.41) is 0. The fourth-order valence-corrected chi connectivity index (χ4v) is 2.17. The van der Waals surface area contributed by atoms with E-state index in [-0.39, 0.29) is 5.95 Å². The number of nitrogen functional groups attached to an aromatic ring is 1. The topological polar surface area (TPSA) is 77.6 Å². The highest BCUT2D eigenvalue weighted by molar-refractivity contribution is 9.11. The molecule has 5 nitrogen and oxygen atoms in total. The molecule has 2 aromatic rings. The molecule has 2 aromatic heterocycles. The van der Waals surface area contributed by atoms with E-state index in [9.17, 15) is 0 Å². The summed E-state index contributed by atoms with van der Waals surface area (Å²) in [5.74, 6) is 0.624. The van der Waals surface area contributed by atoms with Gasteiger partial charge in [-0.1, -0.05) is 0 Å². The zero-order valence-electron chi connectivity index (χ0n) is 7.35. The molecule has 0 radical (unpaired) electrons. The maximum Gasteiger partial charge on any atom is 0.223 e. The number of rotatable bonds is 1. The molecule has 0 unspecified atom stereocenters. The molecule has 0 aliphatic rings. The van der Waals surface area contributed by atoms with Gasteiger partial charge in [0.15, 0.2) is 5.82 Å². The van der Waals surface area contributed by atoms with Crippen molar-refractivity contribution < 1.29 is 0 Å². The predicted octanol–water partition coefficient (Wildman–Crippen LogP) is 2.04. The second-order valence-electron chi connectivity index (χ2n) is 2.65. The molecule has 2 N–H and O–H groups in total. The van der Waals surface area contributed by atoms with E-state index in [4.69, 9.17) is 5.73 Å². The van der Waals surface area contributed by atoms with Crippen LogP contribution in [0.25, 0.3) is 11.5 Å². The molecule has 0 aliphatic carbocycles. The Morgan fingerprint density at radius 1 is 1.13 bits per heavy atom. The van der Waals surface area contributed by atoms with Crippen molar-refractivity contribution in [1.29, 1.82) is 0 Å². The maximum absolute atomic E-state index is 5.46. The number of anilines is 1. The number of nitrogens with two attached hydrogens (primary N) is 1. The Kier molecular flexibility index (Phi) is 2.92. The van der Waals surface area contributed by atoms with Gasteiger partial charge in [-0.25, -0.2) is 9.97 Å². The van der Waals surface area contributed by atoms with Gasteiger partial charge in [-0.3, -0.25) is 4.98 Å². The van der Waals surface area contributed by atoms with Gasteiger partial charge in [0.05, 0.1) is 0 Å². The van der Waals surface area contributed by atoms with Crippen LogP contribution in [-0.2, 0) is 0 Å². The van der Waals surface area contributed by atoms with Gasteiger partial charge in [-0.15, -0.1) is 0 Å². The van der Waals surface area contributed by atoms with Crippen LogP contribution >= 0.6 is 31.9 Å². The van der Waals surface area contributed by atoms with Crippen LogP contribution in [0.5, 0.6) is 0 Å². The van der Waals surface area contributed by atoms with E-state index in [2.05, 4.69) is 51.8 Å². The molecular formula is C8H5Br2N5. The molecular weight excluding hydrogens is 326 g/mol. The van der Waals surface area contributed by atoms with Crippen LogP contribution in [0.1, 0.15) is 0 Å². The van der Waals surface area contributed by atoms with Crippen molar-refractivity contribution >= 4 is 37.8 Å². The van der Waals surface area contributed by atoms with Gasteiger partial charge in [0, 0.05) is 15.1 Å². The Hall–Kier alpha value is -1.08. The van der Waals surface area contributed by atoms with E-state index in [1.807, 2.05) is 6.07 Å². The third-order valence-corrected chi connectivity index (χ3v) is 2.65. The first kappa shape index (κ1) is 10.4. The average molecular weight is 331 g/mol. The standard InChI is InChI=1S/C8H5Br2N5/c9-4-1-5(10)6(12-2-4)7-13-3-14-8(11)15-7/h1-3H,(H2,11,13,14,15). The molecule has 0 amide bonds. The van der Waals surface area contributed by atoms with E-state index >= 15 is 0 Å². The highest BCUT2D eigenvalue weighted by atomic mass is 79.9. The Labute approximate surface area is 102 Å². The van der Waals surface area contributed by atoms with Gasteiger partial charge in [0.2, 0.25) is 5.95 Å². The highest BCUT2D eigenvalue weighted by Crippen LogP contribution is 2.25. The third-order valence-electron chi connectivity index (χ3n) is 1.61. The molecule has 2 heterocycles. The molecule has 0 saturated heterocycles. The fraction of sp³-hybridized carbons (Fsp3) is 0. The Morgan fingerprint density at radius 2 is 1.93 bits per heavy atom. The first-order chi connectivity index (χ1) is 7.16. The first-order valence-corrected chi connectivity index (χ1v) is 5.51. The number of hydrogen-bond donors (Lipinski definition) is 1. The summed E-state index contributed by atoms with van der Waals surface area (Å²) >= 11 is 6.69. The molecule has 0 atom stereocenters. The second-order valence-corrected chi connectivity index (χ2v) is 4.42. The number of aromatic nitrogens is 4. The van der Waals surface area contributed by atoms with Crippen LogP contribution in [0.3, 0.4) is 0 Å². The number of pyridine rings is 1. The van der Waals surface area contributed by atoms with Gasteiger partial charge < -0.3 is 5.73 Å². The van der Waals surface area contributed by atoms with Crippen molar-refractivity contribution in [2.75, 3.05) is 5.73 Å². The molecule has 0 spiro atoms. The summed E-state index contributed by atoms with van der Waals surface area (Å²) in [6.45, 7) is 0. The Bertz CT molecular complexity index is 502. The van der Waals surface area contributed by atoms with Crippen molar-refractivity contribution in [3.05, 3.63) is 27.5 Å². The smallest absolute Gasteiger partial charge is 0.223 e. The van der Waals surface area contributed by atoms with E-state index in [0.717, 1.165) is 8.95 Å². The summed E-state index contributed by atoms with van der Waals surface area (Å²) in [4.78, 5) is 15.9. The number of hydrogen-bond acceptors (Lipinski definition) is 5. The Morgan fingerprint density at radius 3 is 2.60 bits per heavy atom. The van der Waals surface area contributed by atoms with E-state index < -0.39 is 0 Å². The summed E-state index contributed by atoms with van der Waals surface area (Å²) in [6, 6.07) is 1.86. The summed E-state index contributed by atoms with van der Waals surface area (Å²) < 4.78 is 1.67. The van der Waals surface area contributed by atoms with Crippen molar-refractivity contribution in [2.45, 2.75) is 0 Å². The molecule has 76 valence electrons. The summed E-state index contributed by atoms with van der Waals surface area (Å²) in [6.07, 6.45) is 3.02. The molecule has 15 heavy (non-hydrogen) atoms. The lowest BCUT2D eigenvalue weighted by atomic mass is 10.3. The first-order valence-electron chi connectivity index (χ1n) is 3.93. The van der Waals surface area contributed by atoms with Gasteiger partial charge in [-0.05, 0) is 37.9 Å². The van der Waals surface area contributed by atoms with Crippen LogP contribution in [0, 0.1) is 0 Å². The minimum Gasteiger partial charge on any atom is -0.368 e. The third kappa shape index (κ3) is 2.29. The molecule has 0 saturated carbocycles. The SMILES string of the molecule is Nc1ncnc(-c2ncc(Br)cc2Br)n1. The molecule has 0 aliphatic heterocycles. The van der Waals surface area contributed by atoms with E-state index in [0.29, 0.717) is 11.5 Å². The predicted molar refractivity (Wildman–Crippen MR) is 62.9 cm³/mol. The molecule has 2 rings (SSSR count). The highest BCUT2D eigenvalue weighted by Gasteiger charge is 2.08. The zero-order chi connectivity index (χ0) is 10.8. The van der Waals surface area contributed by atoms with Crippen molar-refractivity contribution in [2.24, 2.45) is 0 Å². The fourth-order valence-electron chi connectivity index (χ4n) is 1.00. The van der Waals surface area contributed by atoms with Crippen LogP contribution in [0.15, 0.2) is 27.5 Å². The number of halogens is 2. The van der Waals surface area contributed by atoms with E-state index in [1.54, 1.807) is 6.20 Å². The molecule has 0 fully saturated rings. The molecule has 0 bridgehead atoms.